The Bertz CT molecular complexity index is 1140. The van der Waals surface area contributed by atoms with Crippen LogP contribution in [0.1, 0.15) is 0 Å². The van der Waals surface area contributed by atoms with Gasteiger partial charge in [-0.1, -0.05) is 54.6 Å². The number of nitrogens with zero attached hydrogens (tertiary/aromatic N) is 1. The van der Waals surface area contributed by atoms with Crippen LogP contribution >= 0.6 is 7.49 Å². The number of hydrogen-bond donors (Lipinski definition) is 0. The normalized spacial score (nSPS) is 11.9. The van der Waals surface area contributed by atoms with Crippen molar-refractivity contribution in [2.24, 2.45) is 4.99 Å². The highest BCUT2D eigenvalue weighted by Gasteiger charge is 2.55. The van der Waals surface area contributed by atoms with Crippen molar-refractivity contribution in [1.29, 1.82) is 0 Å². The molecule has 0 aliphatic heterocycles. The van der Waals surface area contributed by atoms with Crippen molar-refractivity contribution in [3.63, 3.8) is 0 Å². The largest absolute Gasteiger partial charge is 1.00 e. The van der Waals surface area contributed by atoms with Gasteiger partial charge in [0.25, 0.3) is 7.49 Å². The van der Waals surface area contributed by atoms with E-state index < -0.39 is 19.6 Å². The molecule has 0 heterocycles. The smallest absolute Gasteiger partial charge is 0.473 e. The minimum absolute atomic E-state index is 0. The Hall–Kier alpha value is -3.34. The van der Waals surface area contributed by atoms with Crippen LogP contribution in [0.5, 0.6) is 5.75 Å². The van der Waals surface area contributed by atoms with Crippen LogP contribution in [-0.2, 0) is 4.52 Å². The second-order valence-electron chi connectivity index (χ2n) is 7.32. The van der Waals surface area contributed by atoms with Crippen molar-refractivity contribution >= 4 is 35.0 Å². The molecule has 0 radical (unpaired) electrons. The molecule has 0 amide bonds. The molecule has 4 aromatic carbocycles. The lowest BCUT2D eigenvalue weighted by Crippen LogP contribution is -3.00. The average molecular weight is 516 g/mol. The third kappa shape index (κ3) is 5.84. The van der Waals surface area contributed by atoms with Crippen LogP contribution in [-0.4, -0.2) is 19.2 Å². The van der Waals surface area contributed by atoms with Crippen LogP contribution in [0.3, 0.4) is 0 Å². The minimum atomic E-state index is -4.82. The number of hydrogen-bond acceptors (Lipinski definition) is 3. The summed E-state index contributed by atoms with van der Waals surface area (Å²) in [5.41, 5.74) is 0.111. The van der Waals surface area contributed by atoms with E-state index in [1.54, 1.807) is 84.9 Å². The van der Waals surface area contributed by atoms with Crippen molar-refractivity contribution in [3.05, 3.63) is 115 Å². The number of rotatable bonds is 6. The summed E-state index contributed by atoms with van der Waals surface area (Å²) in [5, 5.41) is 1.96. The number of methoxy groups -OCH3 is 1. The second-order valence-corrected chi connectivity index (χ2v) is 10.3. The lowest BCUT2D eigenvalue weighted by atomic mass is 10.3. The van der Waals surface area contributed by atoms with Crippen molar-refractivity contribution < 1.29 is 34.8 Å². The summed E-state index contributed by atoms with van der Waals surface area (Å²) in [5.74, 6) is -0.782. The van der Waals surface area contributed by atoms with E-state index in [-0.39, 0.29) is 18.1 Å². The molecule has 0 bridgehead atoms. The van der Waals surface area contributed by atoms with E-state index in [0.29, 0.717) is 21.7 Å². The maximum atomic E-state index is 14.4. The number of benzene rings is 4. The zero-order chi connectivity index (χ0) is 24.0. The summed E-state index contributed by atoms with van der Waals surface area (Å²) in [6.07, 6.45) is -4.82. The highest BCUT2D eigenvalue weighted by molar-refractivity contribution is 7.92. The quantitative estimate of drug-likeness (QED) is 0.224. The fraction of sp³-hybridized carbons (Fsp3) is 0.0741. The maximum absolute atomic E-state index is 14.4. The highest BCUT2D eigenvalue weighted by Crippen LogP contribution is 2.57. The molecule has 0 saturated heterocycles. The molecule has 35 heavy (non-hydrogen) atoms. The minimum Gasteiger partial charge on any atom is -1.00 e. The molecule has 0 spiro atoms. The van der Waals surface area contributed by atoms with Gasteiger partial charge in [-0.2, -0.15) is 13.2 Å². The summed E-state index contributed by atoms with van der Waals surface area (Å²) >= 11 is 0. The second kappa shape index (κ2) is 11.4. The molecule has 0 atom stereocenters. The van der Waals surface area contributed by atoms with Crippen molar-refractivity contribution in [2.45, 2.75) is 6.18 Å². The topological polar surface area (TPSA) is 30.8 Å². The van der Waals surface area contributed by atoms with Gasteiger partial charge in [-0.3, -0.25) is 0 Å². The molecular formula is C27H22ClF3NO2P. The Morgan fingerprint density at radius 2 is 1.06 bits per heavy atom. The SMILES string of the molecule is COc1ccc(N=C(O[P+](c2ccccc2)(c2ccccc2)c2ccccc2)C(F)(F)F)cc1.[Cl-]. The standard InChI is InChI=1S/C27H22F3NO2P.ClH/c1-32-22-19-17-21(18-20-22)31-26(27(28,29)30)33-34(23-11-5-2-6-12-23,24-13-7-3-8-14-24)25-15-9-4-10-16-25;/h2-20H,1H3;1H/q+1;/p-1. The third-order valence-electron chi connectivity index (χ3n) is 5.13. The molecule has 8 heteroatoms. The van der Waals surface area contributed by atoms with Crippen LogP contribution in [0.15, 0.2) is 120 Å². The van der Waals surface area contributed by atoms with E-state index >= 15 is 0 Å². The zero-order valence-electron chi connectivity index (χ0n) is 18.7. The number of ether oxygens (including phenoxy) is 1. The molecule has 0 aliphatic rings. The van der Waals surface area contributed by atoms with E-state index in [1.165, 1.54) is 19.2 Å². The predicted octanol–water partition coefficient (Wildman–Crippen LogP) is 3.22. The van der Waals surface area contributed by atoms with Gasteiger partial charge in [0.15, 0.2) is 0 Å². The fourth-order valence-electron chi connectivity index (χ4n) is 3.56. The molecule has 180 valence electrons. The van der Waals surface area contributed by atoms with Crippen molar-refractivity contribution in [1.82, 2.24) is 0 Å². The van der Waals surface area contributed by atoms with Crippen LogP contribution in [0.25, 0.3) is 0 Å². The Labute approximate surface area is 209 Å². The van der Waals surface area contributed by atoms with Gasteiger partial charge in [0.2, 0.25) is 0 Å². The van der Waals surface area contributed by atoms with Gasteiger partial charge < -0.3 is 21.7 Å². The Kier molecular flexibility index (Phi) is 8.55. The molecule has 0 saturated carbocycles. The van der Waals surface area contributed by atoms with Gasteiger partial charge in [-0.15, -0.1) is 0 Å². The van der Waals surface area contributed by atoms with Crippen LogP contribution < -0.4 is 33.1 Å². The van der Waals surface area contributed by atoms with E-state index in [1.807, 2.05) is 18.2 Å². The lowest BCUT2D eigenvalue weighted by molar-refractivity contribution is -0.0703. The molecular weight excluding hydrogens is 494 g/mol. The van der Waals surface area contributed by atoms with Crippen LogP contribution in [0.2, 0.25) is 0 Å². The fourth-order valence-corrected chi connectivity index (χ4v) is 6.95. The van der Waals surface area contributed by atoms with Crippen LogP contribution in [0.4, 0.5) is 18.9 Å². The summed E-state index contributed by atoms with van der Waals surface area (Å²) in [7, 11) is -1.75. The maximum Gasteiger partial charge on any atom is 0.473 e. The Morgan fingerprint density at radius 1 is 0.657 bits per heavy atom. The van der Waals surface area contributed by atoms with Crippen molar-refractivity contribution in [2.75, 3.05) is 7.11 Å². The first-order valence-corrected chi connectivity index (χ1v) is 12.2. The summed E-state index contributed by atoms with van der Waals surface area (Å²) in [6, 6.07) is 33.1. The Morgan fingerprint density at radius 3 is 1.40 bits per heavy atom. The molecule has 0 fully saturated rings. The van der Waals surface area contributed by atoms with Crippen molar-refractivity contribution in [3.8, 4) is 5.75 Å². The van der Waals surface area contributed by atoms with E-state index in [2.05, 4.69) is 4.99 Å². The van der Waals surface area contributed by atoms with E-state index in [0.717, 1.165) is 0 Å². The molecule has 4 aromatic rings. The first-order chi connectivity index (χ1) is 16.4. The molecule has 0 unspecified atom stereocenters. The van der Waals surface area contributed by atoms with Gasteiger partial charge >= 0.3 is 12.1 Å². The zero-order valence-corrected chi connectivity index (χ0v) is 20.3. The average Bonchev–Trinajstić information content (AvgIpc) is 2.88. The monoisotopic (exact) mass is 515 g/mol. The van der Waals surface area contributed by atoms with Crippen LogP contribution in [0, 0.1) is 0 Å². The van der Waals surface area contributed by atoms with E-state index in [9.17, 15) is 13.2 Å². The van der Waals surface area contributed by atoms with Gasteiger partial charge in [0.05, 0.1) is 12.8 Å². The first kappa shape index (κ1) is 26.3. The van der Waals surface area contributed by atoms with Gasteiger partial charge in [-0.05, 0) is 60.7 Å². The predicted molar refractivity (Wildman–Crippen MR) is 132 cm³/mol. The highest BCUT2D eigenvalue weighted by atomic mass is 35.5. The molecule has 4 rings (SSSR count). The van der Waals surface area contributed by atoms with Gasteiger partial charge in [0, 0.05) is 0 Å². The number of aliphatic imine (C=N–C) groups is 1. The van der Waals surface area contributed by atoms with E-state index in [4.69, 9.17) is 9.26 Å². The first-order valence-electron chi connectivity index (χ1n) is 10.5. The van der Waals surface area contributed by atoms with Gasteiger partial charge in [-0.25, -0.2) is 4.99 Å². The molecule has 0 aliphatic carbocycles. The summed E-state index contributed by atoms with van der Waals surface area (Å²) in [6.45, 7) is 0. The molecule has 0 N–H and O–H groups in total. The number of alkyl halides is 3. The Balaban J connectivity index is 0.00000342. The summed E-state index contributed by atoms with van der Waals surface area (Å²) < 4.78 is 54.3. The lowest BCUT2D eigenvalue weighted by Gasteiger charge is -2.27. The number of halogens is 4. The van der Waals surface area contributed by atoms with Gasteiger partial charge in [0.1, 0.15) is 21.7 Å². The molecule has 0 aromatic heterocycles. The third-order valence-corrected chi connectivity index (χ3v) is 8.65. The summed E-state index contributed by atoms with van der Waals surface area (Å²) in [4.78, 5) is 3.91. The molecule has 3 nitrogen and oxygen atoms in total.